The summed E-state index contributed by atoms with van der Waals surface area (Å²) in [7, 11) is 2.70. The molecule has 2 rings (SSSR count). The van der Waals surface area contributed by atoms with E-state index in [0.717, 1.165) is 17.0 Å². The van der Waals surface area contributed by atoms with Crippen LogP contribution < -0.4 is 0 Å². The normalized spacial score (nSPS) is 15.2. The number of hydrogen-bond acceptors (Lipinski definition) is 5. The highest BCUT2D eigenvalue weighted by Crippen LogP contribution is 2.42. The van der Waals surface area contributed by atoms with E-state index in [1.165, 1.54) is 14.2 Å². The van der Waals surface area contributed by atoms with Gasteiger partial charge in [-0.2, -0.15) is 0 Å². The van der Waals surface area contributed by atoms with Crippen LogP contribution >= 0.6 is 0 Å². The number of rotatable bonds is 6. The fraction of sp³-hybridized carbons (Fsp3) is 0.333. The Morgan fingerprint density at radius 2 is 1.54 bits per heavy atom. The number of allylic oxidation sites excluding steroid dienone is 2. The maximum Gasteiger partial charge on any atom is 0.336 e. The maximum absolute atomic E-state index is 12.6. The van der Waals surface area contributed by atoms with Gasteiger partial charge in [0, 0.05) is 17.9 Å². The van der Waals surface area contributed by atoms with Crippen LogP contribution in [0.15, 0.2) is 65.5 Å². The van der Waals surface area contributed by atoms with Crippen LogP contribution in [0.1, 0.15) is 31.7 Å². The summed E-state index contributed by atoms with van der Waals surface area (Å²) >= 11 is 0. The SMILES string of the molecule is C=CCCN1C(C)=C(C(=O)OC)C(c2ccccc2)C(C(=O)OC)=C1C. The second-order valence-corrected chi connectivity index (χ2v) is 6.05. The molecule has 1 aliphatic heterocycles. The van der Waals surface area contributed by atoms with E-state index in [1.807, 2.05) is 49.1 Å². The van der Waals surface area contributed by atoms with Gasteiger partial charge < -0.3 is 14.4 Å². The molecular weight excluding hydrogens is 330 g/mol. The lowest BCUT2D eigenvalue weighted by molar-refractivity contribution is -0.137. The summed E-state index contributed by atoms with van der Waals surface area (Å²) in [6.07, 6.45) is 2.52. The molecule has 0 spiro atoms. The molecule has 1 heterocycles. The third kappa shape index (κ3) is 3.57. The Bertz CT molecular complexity index is 721. The minimum absolute atomic E-state index is 0.450. The highest BCUT2D eigenvalue weighted by Gasteiger charge is 2.39. The second-order valence-electron chi connectivity index (χ2n) is 6.05. The lowest BCUT2D eigenvalue weighted by atomic mass is 9.79. The average molecular weight is 355 g/mol. The Labute approximate surface area is 154 Å². The summed E-state index contributed by atoms with van der Waals surface area (Å²) in [5, 5.41) is 0. The van der Waals surface area contributed by atoms with Crippen molar-refractivity contribution in [1.82, 2.24) is 4.90 Å². The van der Waals surface area contributed by atoms with Gasteiger partial charge in [-0.1, -0.05) is 36.4 Å². The predicted octanol–water partition coefficient (Wildman–Crippen LogP) is 3.56. The first-order valence-electron chi connectivity index (χ1n) is 8.49. The Hall–Kier alpha value is -2.82. The third-order valence-electron chi connectivity index (χ3n) is 4.67. The smallest absolute Gasteiger partial charge is 0.336 e. The molecule has 0 fully saturated rings. The van der Waals surface area contributed by atoms with Crippen molar-refractivity contribution in [2.45, 2.75) is 26.2 Å². The summed E-state index contributed by atoms with van der Waals surface area (Å²) in [4.78, 5) is 27.2. The molecule has 0 saturated carbocycles. The van der Waals surface area contributed by atoms with Crippen molar-refractivity contribution in [2.75, 3.05) is 20.8 Å². The monoisotopic (exact) mass is 355 g/mol. The summed E-state index contributed by atoms with van der Waals surface area (Å²) in [6, 6.07) is 9.46. The first kappa shape index (κ1) is 19.5. The number of hydrogen-bond donors (Lipinski definition) is 0. The van der Waals surface area contributed by atoms with Crippen molar-refractivity contribution < 1.29 is 19.1 Å². The summed E-state index contributed by atoms with van der Waals surface area (Å²) in [5.41, 5.74) is 3.30. The Morgan fingerprint density at radius 1 is 1.04 bits per heavy atom. The van der Waals surface area contributed by atoms with Crippen LogP contribution in [0.2, 0.25) is 0 Å². The second kappa shape index (κ2) is 8.52. The Morgan fingerprint density at radius 3 is 1.96 bits per heavy atom. The zero-order chi connectivity index (χ0) is 19.3. The molecule has 0 bridgehead atoms. The van der Waals surface area contributed by atoms with Crippen LogP contribution in [-0.2, 0) is 19.1 Å². The van der Waals surface area contributed by atoms with Gasteiger partial charge in [-0.3, -0.25) is 0 Å². The quantitative estimate of drug-likeness (QED) is 0.577. The molecule has 0 radical (unpaired) electrons. The molecule has 0 amide bonds. The lowest BCUT2D eigenvalue weighted by Gasteiger charge is -2.37. The molecule has 0 N–H and O–H groups in total. The van der Waals surface area contributed by atoms with Crippen LogP contribution in [0.5, 0.6) is 0 Å². The molecule has 1 aromatic rings. The van der Waals surface area contributed by atoms with Gasteiger partial charge >= 0.3 is 11.9 Å². The molecule has 0 aliphatic carbocycles. The average Bonchev–Trinajstić information content (AvgIpc) is 2.67. The van der Waals surface area contributed by atoms with Gasteiger partial charge in [0.05, 0.1) is 31.3 Å². The van der Waals surface area contributed by atoms with Gasteiger partial charge in [-0.25, -0.2) is 9.59 Å². The molecule has 5 heteroatoms. The van der Waals surface area contributed by atoms with Crippen LogP contribution in [0.3, 0.4) is 0 Å². The summed E-state index contributed by atoms with van der Waals surface area (Å²) < 4.78 is 10.1. The number of nitrogens with zero attached hydrogens (tertiary/aromatic N) is 1. The molecule has 0 atom stereocenters. The van der Waals surface area contributed by atoms with Crippen molar-refractivity contribution >= 4 is 11.9 Å². The van der Waals surface area contributed by atoms with E-state index in [1.54, 1.807) is 6.08 Å². The third-order valence-corrected chi connectivity index (χ3v) is 4.67. The van der Waals surface area contributed by atoms with E-state index in [-0.39, 0.29) is 0 Å². The van der Waals surface area contributed by atoms with E-state index in [4.69, 9.17) is 9.47 Å². The zero-order valence-electron chi connectivity index (χ0n) is 15.7. The van der Waals surface area contributed by atoms with Crippen molar-refractivity contribution in [3.05, 3.63) is 71.1 Å². The van der Waals surface area contributed by atoms with E-state index < -0.39 is 17.9 Å². The van der Waals surface area contributed by atoms with Crippen LogP contribution in [0.4, 0.5) is 0 Å². The van der Waals surface area contributed by atoms with Crippen LogP contribution in [-0.4, -0.2) is 37.6 Å². The minimum atomic E-state index is -0.531. The van der Waals surface area contributed by atoms with E-state index in [2.05, 4.69) is 6.58 Å². The Balaban J connectivity index is 2.73. The largest absolute Gasteiger partial charge is 0.466 e. The van der Waals surface area contributed by atoms with Gasteiger partial charge in [0.15, 0.2) is 0 Å². The molecule has 0 unspecified atom stereocenters. The van der Waals surface area contributed by atoms with Gasteiger partial charge in [0.2, 0.25) is 0 Å². The Kier molecular flexibility index (Phi) is 6.39. The molecule has 1 aromatic carbocycles. The van der Waals surface area contributed by atoms with Crippen molar-refractivity contribution in [3.63, 3.8) is 0 Å². The van der Waals surface area contributed by atoms with Crippen molar-refractivity contribution in [3.8, 4) is 0 Å². The van der Waals surface area contributed by atoms with E-state index in [0.29, 0.717) is 24.1 Å². The highest BCUT2D eigenvalue weighted by molar-refractivity contribution is 5.99. The number of ether oxygens (including phenoxy) is 2. The molecule has 138 valence electrons. The zero-order valence-corrected chi connectivity index (χ0v) is 15.7. The fourth-order valence-corrected chi connectivity index (χ4v) is 3.39. The fourth-order valence-electron chi connectivity index (χ4n) is 3.39. The number of benzene rings is 1. The van der Waals surface area contributed by atoms with E-state index >= 15 is 0 Å². The van der Waals surface area contributed by atoms with Gasteiger partial charge in [-0.15, -0.1) is 6.58 Å². The molecule has 26 heavy (non-hydrogen) atoms. The number of esters is 2. The van der Waals surface area contributed by atoms with Crippen LogP contribution in [0, 0.1) is 0 Å². The van der Waals surface area contributed by atoms with Crippen molar-refractivity contribution in [2.24, 2.45) is 0 Å². The van der Waals surface area contributed by atoms with Crippen molar-refractivity contribution in [1.29, 1.82) is 0 Å². The molecule has 0 aromatic heterocycles. The number of carbonyl (C=O) groups is 2. The standard InChI is InChI=1S/C21H25NO4/c1-6-7-13-22-14(2)17(20(23)25-4)19(16-11-9-8-10-12-16)18(15(22)3)21(24)26-5/h6,8-12,19H,1,7,13H2,2-5H3. The first-order chi connectivity index (χ1) is 12.5. The van der Waals surface area contributed by atoms with Gasteiger partial charge in [0.25, 0.3) is 0 Å². The maximum atomic E-state index is 12.6. The predicted molar refractivity (Wildman–Crippen MR) is 100 cm³/mol. The number of carbonyl (C=O) groups excluding carboxylic acids is 2. The molecule has 1 aliphatic rings. The summed E-state index contributed by atoms with van der Waals surface area (Å²) in [5.74, 6) is -1.43. The lowest BCUT2D eigenvalue weighted by Crippen LogP contribution is -2.35. The molecule has 0 saturated heterocycles. The minimum Gasteiger partial charge on any atom is -0.466 e. The highest BCUT2D eigenvalue weighted by atomic mass is 16.5. The van der Waals surface area contributed by atoms with Crippen LogP contribution in [0.25, 0.3) is 0 Å². The molecule has 5 nitrogen and oxygen atoms in total. The number of methoxy groups -OCH3 is 2. The summed E-state index contributed by atoms with van der Waals surface area (Å²) in [6.45, 7) is 8.13. The van der Waals surface area contributed by atoms with Gasteiger partial charge in [-0.05, 0) is 25.8 Å². The molecular formula is C21H25NO4. The first-order valence-corrected chi connectivity index (χ1v) is 8.49. The van der Waals surface area contributed by atoms with Gasteiger partial charge in [0.1, 0.15) is 0 Å². The van der Waals surface area contributed by atoms with E-state index in [9.17, 15) is 9.59 Å². The topological polar surface area (TPSA) is 55.8 Å².